The molecule has 0 spiro atoms. The first kappa shape index (κ1) is 9.51. The first-order chi connectivity index (χ1) is 6.53. The van der Waals surface area contributed by atoms with Gasteiger partial charge in [0.05, 0.1) is 12.0 Å². The number of rotatable bonds is 2. The number of nitrogens with zero attached hydrogens (tertiary/aromatic N) is 2. The second-order valence-corrected chi connectivity index (χ2v) is 5.22. The zero-order valence-corrected chi connectivity index (χ0v) is 8.79. The van der Waals surface area contributed by atoms with Crippen LogP contribution in [0.4, 0.5) is 0 Å². The summed E-state index contributed by atoms with van der Waals surface area (Å²) in [6.45, 7) is 5.99. The lowest BCUT2D eigenvalue weighted by Gasteiger charge is -2.16. The molecule has 1 saturated heterocycles. The van der Waals surface area contributed by atoms with Gasteiger partial charge < -0.3 is 4.90 Å². The van der Waals surface area contributed by atoms with Crippen molar-refractivity contribution >= 4 is 5.91 Å². The van der Waals surface area contributed by atoms with Crippen LogP contribution in [-0.4, -0.2) is 23.9 Å². The molecule has 1 aliphatic carbocycles. The monoisotopic (exact) mass is 192 g/mol. The number of likely N-dealkylation sites (tertiary alicyclic amines) is 1. The van der Waals surface area contributed by atoms with Crippen molar-refractivity contribution < 1.29 is 4.79 Å². The first-order valence-corrected chi connectivity index (χ1v) is 5.20. The maximum absolute atomic E-state index is 11.5. The van der Waals surface area contributed by atoms with Crippen molar-refractivity contribution in [1.82, 2.24) is 4.90 Å². The van der Waals surface area contributed by atoms with E-state index in [0.29, 0.717) is 24.3 Å². The zero-order valence-electron chi connectivity index (χ0n) is 8.79. The lowest BCUT2D eigenvalue weighted by Crippen LogP contribution is -2.28. The minimum atomic E-state index is -0.0654. The van der Waals surface area contributed by atoms with Crippen LogP contribution in [0.15, 0.2) is 0 Å². The average Bonchev–Trinajstić information content (AvgIpc) is 2.55. The number of carbonyl (C=O) groups excluding carboxylic acids is 1. The van der Waals surface area contributed by atoms with Gasteiger partial charge in [-0.3, -0.25) is 4.79 Å². The van der Waals surface area contributed by atoms with Gasteiger partial charge in [-0.25, -0.2) is 0 Å². The van der Waals surface area contributed by atoms with Crippen molar-refractivity contribution in [1.29, 1.82) is 5.26 Å². The fraction of sp³-hybridized carbons (Fsp3) is 0.818. The molecule has 3 heteroatoms. The standard InChI is InChI=1S/C11H16N2O/c1-11(2)4-9(11)7-13-6-8(5-12)3-10(13)14/h8-9H,3-4,6-7H2,1-2H3. The van der Waals surface area contributed by atoms with Gasteiger partial charge in [-0.05, 0) is 17.8 Å². The molecule has 2 aliphatic rings. The van der Waals surface area contributed by atoms with Crippen LogP contribution >= 0.6 is 0 Å². The number of nitriles is 1. The summed E-state index contributed by atoms with van der Waals surface area (Å²) in [5.41, 5.74) is 0.422. The Morgan fingerprint density at radius 1 is 1.64 bits per heavy atom. The predicted molar refractivity (Wildman–Crippen MR) is 52.2 cm³/mol. The molecule has 0 N–H and O–H groups in total. The Bertz CT molecular complexity index is 303. The molecule has 2 unspecified atom stereocenters. The second kappa shape index (κ2) is 2.98. The van der Waals surface area contributed by atoms with Gasteiger partial charge in [-0.15, -0.1) is 0 Å². The third kappa shape index (κ3) is 1.61. The van der Waals surface area contributed by atoms with E-state index in [-0.39, 0.29) is 11.8 Å². The summed E-state index contributed by atoms with van der Waals surface area (Å²) in [6.07, 6.45) is 1.65. The molecular formula is C11H16N2O. The maximum atomic E-state index is 11.5. The molecule has 14 heavy (non-hydrogen) atoms. The molecule has 0 aromatic heterocycles. The van der Waals surface area contributed by atoms with Crippen molar-refractivity contribution in [2.75, 3.05) is 13.1 Å². The fourth-order valence-electron chi connectivity index (χ4n) is 2.19. The van der Waals surface area contributed by atoms with Gasteiger partial charge >= 0.3 is 0 Å². The van der Waals surface area contributed by atoms with E-state index in [1.165, 1.54) is 6.42 Å². The minimum absolute atomic E-state index is 0.0654. The van der Waals surface area contributed by atoms with Crippen LogP contribution in [0.3, 0.4) is 0 Å². The van der Waals surface area contributed by atoms with E-state index < -0.39 is 0 Å². The topological polar surface area (TPSA) is 44.1 Å². The molecule has 0 radical (unpaired) electrons. The van der Waals surface area contributed by atoms with Gasteiger partial charge in [0.1, 0.15) is 0 Å². The molecule has 1 saturated carbocycles. The van der Waals surface area contributed by atoms with E-state index in [1.807, 2.05) is 4.90 Å². The van der Waals surface area contributed by atoms with E-state index in [0.717, 1.165) is 6.54 Å². The Morgan fingerprint density at radius 3 is 2.71 bits per heavy atom. The molecule has 0 aromatic carbocycles. The van der Waals surface area contributed by atoms with Gasteiger partial charge in [0, 0.05) is 19.5 Å². The Kier molecular flexibility index (Phi) is 2.02. The van der Waals surface area contributed by atoms with Crippen molar-refractivity contribution in [2.24, 2.45) is 17.3 Å². The summed E-state index contributed by atoms with van der Waals surface area (Å²) in [5, 5.41) is 8.73. The van der Waals surface area contributed by atoms with Crippen LogP contribution in [-0.2, 0) is 4.79 Å². The molecule has 2 fully saturated rings. The lowest BCUT2D eigenvalue weighted by atomic mass is 10.1. The van der Waals surface area contributed by atoms with E-state index in [9.17, 15) is 4.79 Å². The quantitative estimate of drug-likeness (QED) is 0.664. The zero-order chi connectivity index (χ0) is 10.3. The fourth-order valence-corrected chi connectivity index (χ4v) is 2.19. The number of carbonyl (C=O) groups is 1. The number of hydrogen-bond acceptors (Lipinski definition) is 2. The third-order valence-corrected chi connectivity index (χ3v) is 3.56. The normalized spacial score (nSPS) is 34.4. The molecule has 1 aliphatic heterocycles. The molecule has 1 amide bonds. The Morgan fingerprint density at radius 2 is 2.29 bits per heavy atom. The molecule has 2 atom stereocenters. The highest BCUT2D eigenvalue weighted by atomic mass is 16.2. The SMILES string of the molecule is CC1(C)CC1CN1CC(C#N)CC1=O. The highest BCUT2D eigenvalue weighted by Crippen LogP contribution is 2.52. The molecule has 2 rings (SSSR count). The lowest BCUT2D eigenvalue weighted by molar-refractivity contribution is -0.128. The van der Waals surface area contributed by atoms with Gasteiger partial charge in [-0.2, -0.15) is 5.26 Å². The molecule has 0 bridgehead atoms. The summed E-state index contributed by atoms with van der Waals surface area (Å²) in [4.78, 5) is 13.4. The van der Waals surface area contributed by atoms with Crippen LogP contribution in [0.2, 0.25) is 0 Å². The van der Waals surface area contributed by atoms with Crippen LogP contribution in [0.5, 0.6) is 0 Å². The average molecular weight is 192 g/mol. The van der Waals surface area contributed by atoms with Crippen molar-refractivity contribution in [2.45, 2.75) is 26.7 Å². The van der Waals surface area contributed by atoms with Crippen LogP contribution < -0.4 is 0 Å². The summed E-state index contributed by atoms with van der Waals surface area (Å²) < 4.78 is 0. The summed E-state index contributed by atoms with van der Waals surface area (Å²) in [6, 6.07) is 2.18. The second-order valence-electron chi connectivity index (χ2n) is 5.22. The van der Waals surface area contributed by atoms with E-state index in [1.54, 1.807) is 0 Å². The van der Waals surface area contributed by atoms with Crippen molar-refractivity contribution in [3.63, 3.8) is 0 Å². The smallest absolute Gasteiger partial charge is 0.224 e. The summed E-state index contributed by atoms with van der Waals surface area (Å²) in [7, 11) is 0. The first-order valence-electron chi connectivity index (χ1n) is 5.20. The highest BCUT2D eigenvalue weighted by Gasteiger charge is 2.47. The third-order valence-electron chi connectivity index (χ3n) is 3.56. The Balaban J connectivity index is 1.89. The predicted octanol–water partition coefficient (Wildman–Crippen LogP) is 1.40. The van der Waals surface area contributed by atoms with Gasteiger partial charge in [0.15, 0.2) is 0 Å². The van der Waals surface area contributed by atoms with Crippen molar-refractivity contribution in [3.8, 4) is 6.07 Å². The van der Waals surface area contributed by atoms with Crippen LogP contribution in [0, 0.1) is 28.6 Å². The molecule has 1 heterocycles. The van der Waals surface area contributed by atoms with Crippen LogP contribution in [0.25, 0.3) is 0 Å². The van der Waals surface area contributed by atoms with Crippen LogP contribution in [0.1, 0.15) is 26.7 Å². The van der Waals surface area contributed by atoms with Crippen molar-refractivity contribution in [3.05, 3.63) is 0 Å². The van der Waals surface area contributed by atoms with E-state index >= 15 is 0 Å². The summed E-state index contributed by atoms with van der Waals surface area (Å²) in [5.74, 6) is 0.757. The van der Waals surface area contributed by atoms with Gasteiger partial charge in [-0.1, -0.05) is 13.8 Å². The van der Waals surface area contributed by atoms with Gasteiger partial charge in [0.25, 0.3) is 0 Å². The minimum Gasteiger partial charge on any atom is -0.341 e. The molecular weight excluding hydrogens is 176 g/mol. The Labute approximate surface area is 84.7 Å². The molecule has 0 aromatic rings. The maximum Gasteiger partial charge on any atom is 0.224 e. The van der Waals surface area contributed by atoms with E-state index in [2.05, 4.69) is 19.9 Å². The Hall–Kier alpha value is -1.04. The largest absolute Gasteiger partial charge is 0.341 e. The number of amides is 1. The molecule has 3 nitrogen and oxygen atoms in total. The van der Waals surface area contributed by atoms with Gasteiger partial charge in [0.2, 0.25) is 5.91 Å². The highest BCUT2D eigenvalue weighted by molar-refractivity contribution is 5.79. The summed E-state index contributed by atoms with van der Waals surface area (Å²) >= 11 is 0. The van der Waals surface area contributed by atoms with E-state index in [4.69, 9.17) is 5.26 Å². The molecule has 76 valence electrons. The number of hydrogen-bond donors (Lipinski definition) is 0.